The highest BCUT2D eigenvalue weighted by Crippen LogP contribution is 2.34. The highest BCUT2D eigenvalue weighted by atomic mass is 16.5. The first kappa shape index (κ1) is 19.2. The van der Waals surface area contributed by atoms with Gasteiger partial charge in [-0.1, -0.05) is 48.0 Å². The minimum absolute atomic E-state index is 0.0263. The fourth-order valence-electron chi connectivity index (χ4n) is 3.69. The largest absolute Gasteiger partial charge is 0.508 e. The topological polar surface area (TPSA) is 53.8 Å². The summed E-state index contributed by atoms with van der Waals surface area (Å²) in [7, 11) is 0. The van der Waals surface area contributed by atoms with Gasteiger partial charge in [-0.3, -0.25) is 10.3 Å². The number of hydrogen-bond donors (Lipinski definition) is 2. The Balaban J connectivity index is 1.71. The van der Waals surface area contributed by atoms with E-state index in [4.69, 9.17) is 9.73 Å². The van der Waals surface area contributed by atoms with Gasteiger partial charge in [0.05, 0.1) is 6.61 Å². The third kappa shape index (κ3) is 4.33. The summed E-state index contributed by atoms with van der Waals surface area (Å²) < 4.78 is 5.57. The number of hydrogen-bond acceptors (Lipinski definition) is 4. The van der Waals surface area contributed by atoms with Crippen molar-refractivity contribution in [2.75, 3.05) is 6.61 Å². The zero-order chi connectivity index (χ0) is 20.2. The first-order valence-electron chi connectivity index (χ1n) is 10.0. The number of phenols is 1. The summed E-state index contributed by atoms with van der Waals surface area (Å²) in [6, 6.07) is 24.0. The molecule has 4 nitrogen and oxygen atoms in total. The van der Waals surface area contributed by atoms with Gasteiger partial charge in [0, 0.05) is 23.7 Å². The second kappa shape index (κ2) is 8.50. The van der Waals surface area contributed by atoms with Crippen LogP contribution in [0.4, 0.5) is 0 Å². The highest BCUT2D eigenvalue weighted by molar-refractivity contribution is 6.01. The molecule has 0 saturated heterocycles. The predicted molar refractivity (Wildman–Crippen MR) is 117 cm³/mol. The van der Waals surface area contributed by atoms with E-state index in [1.54, 1.807) is 6.07 Å². The molecule has 0 radical (unpaired) electrons. The van der Waals surface area contributed by atoms with E-state index >= 15 is 0 Å². The number of aliphatic imine (C=N–C) groups is 1. The maximum Gasteiger partial charge on any atom is 0.126 e. The van der Waals surface area contributed by atoms with Crippen LogP contribution in [0.1, 0.15) is 47.8 Å². The van der Waals surface area contributed by atoms with E-state index in [0.29, 0.717) is 18.8 Å². The van der Waals surface area contributed by atoms with Gasteiger partial charge in [-0.25, -0.2) is 0 Å². The number of para-hydroxylation sites is 1. The van der Waals surface area contributed by atoms with Crippen LogP contribution >= 0.6 is 0 Å². The Kier molecular flexibility index (Phi) is 5.63. The Labute approximate surface area is 171 Å². The molecular formula is C25H26N2O2. The van der Waals surface area contributed by atoms with Crippen LogP contribution in [0.15, 0.2) is 77.8 Å². The molecular weight excluding hydrogens is 360 g/mol. The summed E-state index contributed by atoms with van der Waals surface area (Å²) in [4.78, 5) is 5.02. The van der Waals surface area contributed by atoms with Crippen LogP contribution in [-0.4, -0.2) is 17.4 Å². The summed E-state index contributed by atoms with van der Waals surface area (Å²) in [5.74, 6) is 1.17. The first-order valence-corrected chi connectivity index (χ1v) is 10.0. The third-order valence-electron chi connectivity index (χ3n) is 5.25. The van der Waals surface area contributed by atoms with E-state index < -0.39 is 0 Å². The van der Waals surface area contributed by atoms with Gasteiger partial charge in [-0.05, 0) is 55.3 Å². The molecule has 3 aromatic rings. The molecule has 29 heavy (non-hydrogen) atoms. The molecule has 0 aliphatic carbocycles. The average Bonchev–Trinajstić information content (AvgIpc) is 2.75. The monoisotopic (exact) mass is 386 g/mol. The molecule has 4 rings (SSSR count). The minimum Gasteiger partial charge on any atom is -0.508 e. The van der Waals surface area contributed by atoms with Crippen molar-refractivity contribution < 1.29 is 9.84 Å². The van der Waals surface area contributed by atoms with Crippen molar-refractivity contribution in [1.82, 2.24) is 5.32 Å². The lowest BCUT2D eigenvalue weighted by atomic mass is 9.93. The number of nitrogens with one attached hydrogen (secondary N) is 1. The van der Waals surface area contributed by atoms with Gasteiger partial charge in [-0.15, -0.1) is 0 Å². The van der Waals surface area contributed by atoms with E-state index in [1.807, 2.05) is 37.3 Å². The number of phenolic OH excluding ortho intramolecular Hbond substituents is 1. The summed E-state index contributed by atoms with van der Waals surface area (Å²) >= 11 is 0. The molecule has 0 amide bonds. The second-order valence-corrected chi connectivity index (χ2v) is 7.33. The van der Waals surface area contributed by atoms with Crippen molar-refractivity contribution in [1.29, 1.82) is 0 Å². The minimum atomic E-state index is -0.171. The molecule has 4 heteroatoms. The van der Waals surface area contributed by atoms with Gasteiger partial charge in [0.15, 0.2) is 0 Å². The number of aryl methyl sites for hydroxylation is 1. The van der Waals surface area contributed by atoms with Gasteiger partial charge >= 0.3 is 0 Å². The fraction of sp³-hybridized carbons (Fsp3) is 0.240. The maximum atomic E-state index is 10.4. The predicted octanol–water partition coefficient (Wildman–Crippen LogP) is 5.32. The van der Waals surface area contributed by atoms with E-state index in [0.717, 1.165) is 28.2 Å². The summed E-state index contributed by atoms with van der Waals surface area (Å²) in [6.07, 6.45) is 0.531. The SMILES string of the molecule is CCOc1ccc(C2=N[C@@H](c3ccc(C)cc3)N[C@H](c3ccccc3O)C2)cc1. The Morgan fingerprint density at radius 2 is 1.72 bits per heavy atom. The quantitative estimate of drug-likeness (QED) is 0.624. The van der Waals surface area contributed by atoms with Gasteiger partial charge in [0.25, 0.3) is 0 Å². The van der Waals surface area contributed by atoms with Gasteiger partial charge in [0.1, 0.15) is 17.7 Å². The number of benzene rings is 3. The Hall–Kier alpha value is -3.11. The number of rotatable bonds is 5. The maximum absolute atomic E-state index is 10.4. The molecule has 148 valence electrons. The summed E-state index contributed by atoms with van der Waals surface area (Å²) in [6.45, 7) is 4.71. The highest BCUT2D eigenvalue weighted by Gasteiger charge is 2.27. The van der Waals surface area contributed by atoms with E-state index in [9.17, 15) is 5.11 Å². The molecule has 1 heterocycles. The van der Waals surface area contributed by atoms with Crippen molar-refractivity contribution in [2.45, 2.75) is 32.5 Å². The molecule has 2 N–H and O–H groups in total. The van der Waals surface area contributed by atoms with E-state index in [2.05, 4.69) is 48.6 Å². The van der Waals surface area contributed by atoms with Crippen LogP contribution in [-0.2, 0) is 0 Å². The molecule has 0 bridgehead atoms. The second-order valence-electron chi connectivity index (χ2n) is 7.33. The lowest BCUT2D eigenvalue weighted by Crippen LogP contribution is -2.33. The molecule has 0 saturated carbocycles. The van der Waals surface area contributed by atoms with Gasteiger partial charge in [-0.2, -0.15) is 0 Å². The molecule has 3 aromatic carbocycles. The van der Waals surface area contributed by atoms with Crippen molar-refractivity contribution in [3.8, 4) is 11.5 Å². The Morgan fingerprint density at radius 3 is 2.41 bits per heavy atom. The molecule has 2 atom stereocenters. The average molecular weight is 386 g/mol. The fourth-order valence-corrected chi connectivity index (χ4v) is 3.69. The third-order valence-corrected chi connectivity index (χ3v) is 5.25. The number of nitrogens with zero attached hydrogens (tertiary/aromatic N) is 1. The van der Waals surface area contributed by atoms with E-state index in [1.165, 1.54) is 5.56 Å². The zero-order valence-electron chi connectivity index (χ0n) is 16.8. The van der Waals surface area contributed by atoms with Crippen LogP contribution in [0.3, 0.4) is 0 Å². The molecule has 0 fully saturated rings. The molecule has 0 spiro atoms. The van der Waals surface area contributed by atoms with Gasteiger partial charge < -0.3 is 9.84 Å². The van der Waals surface area contributed by atoms with Crippen molar-refractivity contribution in [2.24, 2.45) is 4.99 Å². The van der Waals surface area contributed by atoms with Crippen LogP contribution in [0.2, 0.25) is 0 Å². The smallest absolute Gasteiger partial charge is 0.126 e. The number of ether oxygens (including phenoxy) is 1. The molecule has 0 aromatic heterocycles. The van der Waals surface area contributed by atoms with Crippen LogP contribution in [0.25, 0.3) is 0 Å². The zero-order valence-corrected chi connectivity index (χ0v) is 16.8. The molecule has 0 unspecified atom stereocenters. The van der Waals surface area contributed by atoms with Crippen molar-refractivity contribution in [3.63, 3.8) is 0 Å². The normalized spacial score (nSPS) is 18.9. The Morgan fingerprint density at radius 1 is 1.00 bits per heavy atom. The van der Waals surface area contributed by atoms with Crippen molar-refractivity contribution in [3.05, 3.63) is 95.1 Å². The van der Waals surface area contributed by atoms with Gasteiger partial charge in [0.2, 0.25) is 0 Å². The van der Waals surface area contributed by atoms with Crippen LogP contribution in [0, 0.1) is 6.92 Å². The standard InChI is InChI=1S/C25H26N2O2/c1-3-29-20-14-12-18(13-15-20)22-16-23(21-6-4-5-7-24(21)28)27-25(26-22)19-10-8-17(2)9-11-19/h4-15,23,25,27-28H,3,16H2,1-2H3/t23-,25+/m0/s1. The lowest BCUT2D eigenvalue weighted by Gasteiger charge is -2.31. The molecule has 1 aliphatic rings. The Bertz CT molecular complexity index is 994. The first-order chi connectivity index (χ1) is 14.1. The van der Waals surface area contributed by atoms with Crippen LogP contribution < -0.4 is 10.1 Å². The van der Waals surface area contributed by atoms with Crippen molar-refractivity contribution >= 4 is 5.71 Å². The number of aromatic hydroxyl groups is 1. The van der Waals surface area contributed by atoms with E-state index in [-0.39, 0.29) is 12.2 Å². The lowest BCUT2D eigenvalue weighted by molar-refractivity contribution is 0.340. The summed E-state index contributed by atoms with van der Waals surface area (Å²) in [5.41, 5.74) is 5.32. The summed E-state index contributed by atoms with van der Waals surface area (Å²) in [5, 5.41) is 14.0. The molecule has 1 aliphatic heterocycles. The van der Waals surface area contributed by atoms with Crippen LogP contribution in [0.5, 0.6) is 11.5 Å².